The van der Waals surface area contributed by atoms with Gasteiger partial charge in [-0.15, -0.1) is 16.4 Å². The number of rotatable bonds is 9. The van der Waals surface area contributed by atoms with Gasteiger partial charge in [0, 0.05) is 29.0 Å². The maximum atomic E-state index is 13.2. The molecular formula is C27H34N6OS. The maximum absolute atomic E-state index is 13.2. The molecule has 1 aliphatic rings. The van der Waals surface area contributed by atoms with Crippen molar-refractivity contribution in [3.8, 4) is 0 Å². The van der Waals surface area contributed by atoms with Crippen LogP contribution >= 0.6 is 11.3 Å². The molecule has 0 radical (unpaired) electrons. The third-order valence-corrected chi connectivity index (χ3v) is 8.20. The normalized spacial score (nSPS) is 15.4. The van der Waals surface area contributed by atoms with Gasteiger partial charge in [0.05, 0.1) is 12.1 Å². The van der Waals surface area contributed by atoms with Gasteiger partial charge < -0.3 is 4.98 Å². The fraction of sp³-hybridized carbons (Fsp3) is 0.481. The van der Waals surface area contributed by atoms with Gasteiger partial charge in [-0.25, -0.2) is 4.68 Å². The van der Waals surface area contributed by atoms with Crippen LogP contribution in [0.3, 0.4) is 0 Å². The highest BCUT2D eigenvalue weighted by Gasteiger charge is 2.30. The van der Waals surface area contributed by atoms with Gasteiger partial charge >= 0.3 is 0 Å². The van der Waals surface area contributed by atoms with E-state index in [0.29, 0.717) is 12.6 Å². The second-order valence-electron chi connectivity index (χ2n) is 9.86. The number of nitrogens with one attached hydrogen (secondary N) is 1. The summed E-state index contributed by atoms with van der Waals surface area (Å²) in [4.78, 5) is 20.0. The lowest BCUT2D eigenvalue weighted by Gasteiger charge is -2.31. The number of tetrazole rings is 1. The average molecular weight is 491 g/mol. The van der Waals surface area contributed by atoms with Crippen molar-refractivity contribution in [2.24, 2.45) is 0 Å². The molecule has 4 aromatic rings. The van der Waals surface area contributed by atoms with Crippen molar-refractivity contribution in [2.45, 2.75) is 84.5 Å². The van der Waals surface area contributed by atoms with Crippen LogP contribution in [0.1, 0.15) is 84.9 Å². The molecule has 0 bridgehead atoms. The van der Waals surface area contributed by atoms with Crippen LogP contribution in [-0.4, -0.2) is 30.1 Å². The van der Waals surface area contributed by atoms with Gasteiger partial charge in [0.1, 0.15) is 0 Å². The molecule has 1 aliphatic carbocycles. The molecule has 0 amide bonds. The standard InChI is InChI=1S/C27H34N6OS/c1-4-8-25(26-29-30-31-33(26)22-9-5-6-10-22)32(17-23-11-7-12-35-23)16-21-15-20-13-18(2)19(3)14-24(20)28-27(21)34/h7,11-15,22,25H,4-6,8-10,16-17H2,1-3H3,(H,28,34). The van der Waals surface area contributed by atoms with Gasteiger partial charge in [-0.3, -0.25) is 9.69 Å². The third kappa shape index (κ3) is 5.09. The Kier molecular flexibility index (Phi) is 7.11. The highest BCUT2D eigenvalue weighted by molar-refractivity contribution is 7.09. The largest absolute Gasteiger partial charge is 0.322 e. The summed E-state index contributed by atoms with van der Waals surface area (Å²) in [6.45, 7) is 7.69. The van der Waals surface area contributed by atoms with E-state index in [2.05, 4.69) is 86.6 Å². The molecule has 0 spiro atoms. The zero-order valence-electron chi connectivity index (χ0n) is 20.8. The van der Waals surface area contributed by atoms with Gasteiger partial charge in [-0.1, -0.05) is 32.3 Å². The van der Waals surface area contributed by atoms with Crippen molar-refractivity contribution in [1.29, 1.82) is 0 Å². The number of benzene rings is 1. The molecule has 1 fully saturated rings. The van der Waals surface area contributed by atoms with E-state index < -0.39 is 0 Å². The number of fused-ring (bicyclic) bond motifs is 1. The number of thiophene rings is 1. The summed E-state index contributed by atoms with van der Waals surface area (Å²) in [5, 5.41) is 16.3. The first-order valence-corrected chi connectivity index (χ1v) is 13.6. The van der Waals surface area contributed by atoms with E-state index in [4.69, 9.17) is 0 Å². The van der Waals surface area contributed by atoms with Crippen molar-refractivity contribution < 1.29 is 0 Å². The number of aromatic amines is 1. The van der Waals surface area contributed by atoms with E-state index in [0.717, 1.165) is 54.5 Å². The van der Waals surface area contributed by atoms with Crippen LogP contribution < -0.4 is 5.56 Å². The second-order valence-corrected chi connectivity index (χ2v) is 10.9. The molecule has 1 atom stereocenters. The predicted molar refractivity (Wildman–Crippen MR) is 141 cm³/mol. The number of aromatic nitrogens is 5. The SMILES string of the molecule is CCCC(c1nnnn1C1CCCC1)N(Cc1cccs1)Cc1cc2cc(C)c(C)cc2[nH]c1=O. The van der Waals surface area contributed by atoms with Crippen molar-refractivity contribution in [3.63, 3.8) is 0 Å². The zero-order valence-corrected chi connectivity index (χ0v) is 21.6. The van der Waals surface area contributed by atoms with Crippen molar-refractivity contribution in [2.75, 3.05) is 0 Å². The Morgan fingerprint density at radius 2 is 1.97 bits per heavy atom. The Morgan fingerprint density at radius 1 is 1.17 bits per heavy atom. The van der Waals surface area contributed by atoms with Crippen molar-refractivity contribution >= 4 is 22.2 Å². The van der Waals surface area contributed by atoms with Crippen molar-refractivity contribution in [3.05, 3.63) is 73.5 Å². The van der Waals surface area contributed by atoms with Crippen LogP contribution in [0.15, 0.2) is 40.5 Å². The summed E-state index contributed by atoms with van der Waals surface area (Å²) < 4.78 is 2.07. The lowest BCUT2D eigenvalue weighted by Crippen LogP contribution is -2.33. The van der Waals surface area contributed by atoms with Crippen LogP contribution in [0.5, 0.6) is 0 Å². The lowest BCUT2D eigenvalue weighted by molar-refractivity contribution is 0.154. The monoisotopic (exact) mass is 490 g/mol. The smallest absolute Gasteiger partial charge is 0.252 e. The first kappa shape index (κ1) is 23.9. The van der Waals surface area contributed by atoms with E-state index in [1.165, 1.54) is 28.8 Å². The van der Waals surface area contributed by atoms with E-state index in [1.54, 1.807) is 11.3 Å². The number of hydrogen-bond donors (Lipinski definition) is 1. The predicted octanol–water partition coefficient (Wildman–Crippen LogP) is 5.85. The van der Waals surface area contributed by atoms with Crippen molar-refractivity contribution in [1.82, 2.24) is 30.1 Å². The van der Waals surface area contributed by atoms with Gasteiger partial charge in [-0.05, 0) is 89.7 Å². The summed E-state index contributed by atoms with van der Waals surface area (Å²) in [5.74, 6) is 0.930. The molecule has 8 heteroatoms. The minimum atomic E-state index is -0.0254. The molecule has 1 N–H and O–H groups in total. The first-order chi connectivity index (χ1) is 17.0. The van der Waals surface area contributed by atoms with Crippen LogP contribution in [0.25, 0.3) is 10.9 Å². The average Bonchev–Trinajstić information content (AvgIpc) is 3.61. The number of aryl methyl sites for hydroxylation is 2. The number of nitrogens with zero attached hydrogens (tertiary/aromatic N) is 5. The third-order valence-electron chi connectivity index (χ3n) is 7.34. The Balaban J connectivity index is 1.54. The van der Waals surface area contributed by atoms with E-state index in [9.17, 15) is 4.79 Å². The second kappa shape index (κ2) is 10.4. The molecule has 1 unspecified atom stereocenters. The van der Waals surface area contributed by atoms with Gasteiger partial charge in [-0.2, -0.15) is 0 Å². The Hall–Kier alpha value is -2.84. The van der Waals surface area contributed by atoms with Crippen LogP contribution in [-0.2, 0) is 13.1 Å². The fourth-order valence-corrected chi connectivity index (χ4v) is 6.04. The highest BCUT2D eigenvalue weighted by atomic mass is 32.1. The van der Waals surface area contributed by atoms with E-state index in [-0.39, 0.29) is 11.6 Å². The van der Waals surface area contributed by atoms with Crippen LogP contribution in [0.4, 0.5) is 0 Å². The highest BCUT2D eigenvalue weighted by Crippen LogP contribution is 2.34. The molecule has 184 valence electrons. The summed E-state index contributed by atoms with van der Waals surface area (Å²) in [7, 11) is 0. The fourth-order valence-electron chi connectivity index (χ4n) is 5.31. The first-order valence-electron chi connectivity index (χ1n) is 12.7. The molecule has 5 rings (SSSR count). The number of hydrogen-bond acceptors (Lipinski definition) is 6. The Bertz CT molecular complexity index is 1340. The summed E-state index contributed by atoms with van der Waals surface area (Å²) in [5.41, 5.74) is 4.05. The number of pyridine rings is 1. The lowest BCUT2D eigenvalue weighted by atomic mass is 10.0. The minimum absolute atomic E-state index is 0.0254. The van der Waals surface area contributed by atoms with Crippen LogP contribution in [0.2, 0.25) is 0 Å². The topological polar surface area (TPSA) is 79.7 Å². The van der Waals surface area contributed by atoms with Gasteiger partial charge in [0.2, 0.25) is 0 Å². The molecule has 35 heavy (non-hydrogen) atoms. The molecule has 1 aromatic carbocycles. The summed E-state index contributed by atoms with van der Waals surface area (Å²) in [6, 6.07) is 10.9. The molecule has 3 heterocycles. The maximum Gasteiger partial charge on any atom is 0.252 e. The molecule has 1 saturated carbocycles. The summed E-state index contributed by atoms with van der Waals surface area (Å²) >= 11 is 1.75. The molecular weight excluding hydrogens is 456 g/mol. The van der Waals surface area contributed by atoms with Gasteiger partial charge in [0.25, 0.3) is 5.56 Å². The van der Waals surface area contributed by atoms with Gasteiger partial charge in [0.15, 0.2) is 5.82 Å². The number of H-pyrrole nitrogens is 1. The molecule has 7 nitrogen and oxygen atoms in total. The molecule has 0 aliphatic heterocycles. The summed E-state index contributed by atoms with van der Waals surface area (Å²) in [6.07, 6.45) is 6.66. The Morgan fingerprint density at radius 3 is 2.71 bits per heavy atom. The minimum Gasteiger partial charge on any atom is -0.322 e. The Labute approximate surface area is 210 Å². The molecule has 3 aromatic heterocycles. The zero-order chi connectivity index (χ0) is 24.4. The molecule has 0 saturated heterocycles. The quantitative estimate of drug-likeness (QED) is 0.318. The van der Waals surface area contributed by atoms with Crippen LogP contribution in [0, 0.1) is 13.8 Å². The van der Waals surface area contributed by atoms with E-state index >= 15 is 0 Å². The van der Waals surface area contributed by atoms with E-state index in [1.807, 2.05) is 0 Å².